The van der Waals surface area contributed by atoms with Gasteiger partial charge in [0.25, 0.3) is 0 Å². The summed E-state index contributed by atoms with van der Waals surface area (Å²) in [5.41, 5.74) is 0.100. The Balaban J connectivity index is 1.62. The zero-order chi connectivity index (χ0) is 18.6. The van der Waals surface area contributed by atoms with E-state index in [9.17, 15) is 9.90 Å². The van der Waals surface area contributed by atoms with Crippen LogP contribution in [0.5, 0.6) is 5.75 Å². The summed E-state index contributed by atoms with van der Waals surface area (Å²) in [5, 5.41) is 10.7. The molecule has 144 valence electrons. The number of amides is 1. The number of carbonyl (C=O) groups is 1. The van der Waals surface area contributed by atoms with Gasteiger partial charge in [0.15, 0.2) is 0 Å². The Morgan fingerprint density at radius 2 is 1.77 bits per heavy atom. The van der Waals surface area contributed by atoms with E-state index in [4.69, 9.17) is 9.47 Å². The number of aliphatic hydroxyl groups is 1. The summed E-state index contributed by atoms with van der Waals surface area (Å²) in [6, 6.07) is 7.72. The molecule has 1 heterocycles. The maximum absolute atomic E-state index is 13.1. The molecule has 1 aliphatic heterocycles. The second-order valence-electron chi connectivity index (χ2n) is 7.80. The van der Waals surface area contributed by atoms with Crippen LogP contribution in [0.2, 0.25) is 0 Å². The summed E-state index contributed by atoms with van der Waals surface area (Å²) < 4.78 is 10.6. The smallest absolute Gasteiger partial charge is 0.233 e. The second-order valence-corrected chi connectivity index (χ2v) is 7.80. The SMILES string of the molecule is CCC[C@]1(O)CC[C@]2(CCN(c3ccc(OCCOC)cc3)C2=O)CC1. The molecule has 0 atom stereocenters. The molecule has 1 aliphatic carbocycles. The number of hydrogen-bond acceptors (Lipinski definition) is 4. The highest BCUT2D eigenvalue weighted by Crippen LogP contribution is 2.49. The number of methoxy groups -OCH3 is 1. The van der Waals surface area contributed by atoms with Crippen LogP contribution in [0.4, 0.5) is 5.69 Å². The summed E-state index contributed by atoms with van der Waals surface area (Å²) in [6.07, 6.45) is 5.81. The molecular formula is C21H31NO4. The summed E-state index contributed by atoms with van der Waals surface area (Å²) in [5.74, 6) is 1.01. The predicted octanol–water partition coefficient (Wildman–Crippen LogP) is 3.54. The molecule has 1 saturated carbocycles. The lowest BCUT2D eigenvalue weighted by molar-refractivity contribution is -0.130. The topological polar surface area (TPSA) is 59.0 Å². The van der Waals surface area contributed by atoms with Crippen molar-refractivity contribution in [1.82, 2.24) is 0 Å². The van der Waals surface area contributed by atoms with Gasteiger partial charge in [0.2, 0.25) is 5.91 Å². The molecule has 1 spiro atoms. The van der Waals surface area contributed by atoms with Crippen LogP contribution in [0, 0.1) is 5.41 Å². The van der Waals surface area contributed by atoms with Gasteiger partial charge in [0, 0.05) is 19.3 Å². The average Bonchev–Trinajstić information content (AvgIpc) is 2.96. The fraction of sp³-hybridized carbons (Fsp3) is 0.667. The highest BCUT2D eigenvalue weighted by atomic mass is 16.5. The van der Waals surface area contributed by atoms with Crippen molar-refractivity contribution in [2.75, 3.05) is 31.8 Å². The van der Waals surface area contributed by atoms with Crippen molar-refractivity contribution in [3.05, 3.63) is 24.3 Å². The van der Waals surface area contributed by atoms with Gasteiger partial charge in [0.05, 0.1) is 17.6 Å². The van der Waals surface area contributed by atoms with E-state index in [1.807, 2.05) is 29.2 Å². The minimum atomic E-state index is -0.561. The summed E-state index contributed by atoms with van der Waals surface area (Å²) in [4.78, 5) is 15.0. The van der Waals surface area contributed by atoms with Crippen LogP contribution in [-0.2, 0) is 9.53 Å². The maximum Gasteiger partial charge on any atom is 0.233 e. The van der Waals surface area contributed by atoms with Crippen LogP contribution < -0.4 is 9.64 Å². The summed E-state index contributed by atoms with van der Waals surface area (Å²) in [7, 11) is 1.65. The predicted molar refractivity (Wildman–Crippen MR) is 102 cm³/mol. The van der Waals surface area contributed by atoms with E-state index in [0.29, 0.717) is 13.2 Å². The van der Waals surface area contributed by atoms with E-state index in [0.717, 1.165) is 62.9 Å². The van der Waals surface area contributed by atoms with Gasteiger partial charge < -0.3 is 19.5 Å². The molecule has 5 heteroatoms. The first-order valence-corrected chi connectivity index (χ1v) is 9.78. The molecule has 2 aliphatic rings. The number of benzene rings is 1. The molecule has 2 fully saturated rings. The number of ether oxygens (including phenoxy) is 2. The van der Waals surface area contributed by atoms with Crippen molar-refractivity contribution < 1.29 is 19.4 Å². The van der Waals surface area contributed by atoms with Crippen molar-refractivity contribution in [1.29, 1.82) is 0 Å². The van der Waals surface area contributed by atoms with E-state index >= 15 is 0 Å². The zero-order valence-corrected chi connectivity index (χ0v) is 16.0. The van der Waals surface area contributed by atoms with Crippen LogP contribution in [0.25, 0.3) is 0 Å². The van der Waals surface area contributed by atoms with Crippen LogP contribution >= 0.6 is 0 Å². The highest BCUT2D eigenvalue weighted by molar-refractivity contribution is 6.00. The summed E-state index contributed by atoms with van der Waals surface area (Å²) in [6.45, 7) is 3.93. The molecule has 3 rings (SSSR count). The van der Waals surface area contributed by atoms with Crippen molar-refractivity contribution in [3.63, 3.8) is 0 Å². The number of hydrogen-bond donors (Lipinski definition) is 1. The van der Waals surface area contributed by atoms with Crippen molar-refractivity contribution in [2.45, 2.75) is 57.5 Å². The Labute approximate surface area is 156 Å². The van der Waals surface area contributed by atoms with Gasteiger partial charge in [-0.05, 0) is 62.8 Å². The van der Waals surface area contributed by atoms with E-state index in [-0.39, 0.29) is 11.3 Å². The van der Waals surface area contributed by atoms with Crippen LogP contribution in [0.15, 0.2) is 24.3 Å². The lowest BCUT2D eigenvalue weighted by Crippen LogP contribution is -2.43. The molecule has 1 saturated heterocycles. The zero-order valence-electron chi connectivity index (χ0n) is 16.0. The van der Waals surface area contributed by atoms with Crippen molar-refractivity contribution in [2.24, 2.45) is 5.41 Å². The number of carbonyl (C=O) groups excluding carboxylic acids is 1. The Bertz CT molecular complexity index is 605. The largest absolute Gasteiger partial charge is 0.491 e. The van der Waals surface area contributed by atoms with E-state index < -0.39 is 5.60 Å². The Hall–Kier alpha value is -1.59. The minimum Gasteiger partial charge on any atom is -0.491 e. The van der Waals surface area contributed by atoms with Gasteiger partial charge in [0.1, 0.15) is 12.4 Å². The first-order chi connectivity index (χ1) is 12.5. The molecule has 1 aromatic carbocycles. The third-order valence-electron chi connectivity index (χ3n) is 6.07. The lowest BCUT2D eigenvalue weighted by atomic mass is 9.67. The molecular weight excluding hydrogens is 330 g/mol. The van der Waals surface area contributed by atoms with Crippen molar-refractivity contribution in [3.8, 4) is 5.75 Å². The normalized spacial score (nSPS) is 28.7. The average molecular weight is 361 g/mol. The molecule has 1 amide bonds. The van der Waals surface area contributed by atoms with Crippen LogP contribution in [-0.4, -0.2) is 43.5 Å². The van der Waals surface area contributed by atoms with Crippen LogP contribution in [0.3, 0.4) is 0 Å². The Morgan fingerprint density at radius 1 is 1.08 bits per heavy atom. The van der Waals surface area contributed by atoms with Crippen molar-refractivity contribution >= 4 is 11.6 Å². The van der Waals surface area contributed by atoms with Gasteiger partial charge in [-0.3, -0.25) is 4.79 Å². The van der Waals surface area contributed by atoms with Crippen LogP contribution in [0.1, 0.15) is 51.9 Å². The molecule has 0 bridgehead atoms. The molecule has 26 heavy (non-hydrogen) atoms. The maximum atomic E-state index is 13.1. The lowest BCUT2D eigenvalue weighted by Gasteiger charge is -2.41. The first-order valence-electron chi connectivity index (χ1n) is 9.78. The molecule has 0 unspecified atom stereocenters. The number of rotatable bonds is 7. The van der Waals surface area contributed by atoms with E-state index in [1.54, 1.807) is 7.11 Å². The monoisotopic (exact) mass is 361 g/mol. The van der Waals surface area contributed by atoms with Gasteiger partial charge >= 0.3 is 0 Å². The molecule has 1 aromatic rings. The minimum absolute atomic E-state index is 0.226. The molecule has 1 N–H and O–H groups in total. The fourth-order valence-electron chi connectivity index (χ4n) is 4.41. The highest BCUT2D eigenvalue weighted by Gasteiger charge is 2.51. The standard InChI is InChI=1S/C21H31NO4/c1-3-8-21(24)11-9-20(10-12-21)13-14-22(19(20)23)17-4-6-18(7-5-17)26-16-15-25-2/h4-7,24H,3,8-16H2,1-2H3/t20-,21+. The summed E-state index contributed by atoms with van der Waals surface area (Å²) >= 11 is 0. The van der Waals surface area contributed by atoms with Gasteiger partial charge in [-0.2, -0.15) is 0 Å². The Morgan fingerprint density at radius 3 is 2.38 bits per heavy atom. The van der Waals surface area contributed by atoms with Gasteiger partial charge in [-0.15, -0.1) is 0 Å². The third-order valence-corrected chi connectivity index (χ3v) is 6.07. The number of anilines is 1. The quantitative estimate of drug-likeness (QED) is 0.755. The number of nitrogens with zero attached hydrogens (tertiary/aromatic N) is 1. The van der Waals surface area contributed by atoms with Gasteiger partial charge in [-0.1, -0.05) is 13.3 Å². The Kier molecular flexibility index (Phi) is 5.88. The third kappa shape index (κ3) is 3.89. The first kappa shape index (κ1) is 19.2. The fourth-order valence-corrected chi connectivity index (χ4v) is 4.41. The van der Waals surface area contributed by atoms with E-state index in [1.165, 1.54) is 0 Å². The van der Waals surface area contributed by atoms with Gasteiger partial charge in [-0.25, -0.2) is 0 Å². The second kappa shape index (κ2) is 7.97. The molecule has 0 radical (unpaired) electrons. The molecule has 0 aromatic heterocycles. The van der Waals surface area contributed by atoms with E-state index in [2.05, 4.69) is 6.92 Å². The molecule has 5 nitrogen and oxygen atoms in total.